The molecule has 0 saturated heterocycles. The van der Waals surface area contributed by atoms with E-state index >= 15 is 0 Å². The number of hydrogen-bond donors (Lipinski definition) is 3. The molecule has 0 unspecified atom stereocenters. The predicted octanol–water partition coefficient (Wildman–Crippen LogP) is 1.43. The lowest BCUT2D eigenvalue weighted by molar-refractivity contribution is 0.425. The van der Waals surface area contributed by atoms with Crippen molar-refractivity contribution in [2.45, 2.75) is 18.9 Å². The molecule has 0 aliphatic carbocycles. The van der Waals surface area contributed by atoms with Crippen molar-refractivity contribution < 1.29 is 0 Å². The minimum absolute atomic E-state index is 0.0334. The van der Waals surface area contributed by atoms with E-state index in [-0.39, 0.29) is 5.96 Å². The third kappa shape index (κ3) is 3.02. The van der Waals surface area contributed by atoms with Gasteiger partial charge in [0.1, 0.15) is 0 Å². The molecule has 0 bridgehead atoms. The van der Waals surface area contributed by atoms with Crippen LogP contribution in [-0.2, 0) is 0 Å². The Kier molecular flexibility index (Phi) is 4.10. The molecule has 0 saturated carbocycles. The Labute approximate surface area is 128 Å². The molecule has 0 radical (unpaired) electrons. The van der Waals surface area contributed by atoms with Crippen LogP contribution >= 0.6 is 11.8 Å². The third-order valence-corrected chi connectivity index (χ3v) is 4.41. The minimum Gasteiger partial charge on any atom is -0.370 e. The number of nitrogens with two attached hydrogens (primary N) is 1. The number of amidine groups is 1. The highest BCUT2D eigenvalue weighted by Crippen LogP contribution is 2.38. The first-order chi connectivity index (χ1) is 10.3. The van der Waals surface area contributed by atoms with Crippen molar-refractivity contribution in [3.63, 3.8) is 0 Å². The number of thioether (sulfide) groups is 1. The highest BCUT2D eigenvalue weighted by atomic mass is 32.2. The van der Waals surface area contributed by atoms with Crippen LogP contribution in [0.5, 0.6) is 0 Å². The Balaban J connectivity index is 1.64. The fourth-order valence-corrected chi connectivity index (χ4v) is 3.54. The molecule has 3 rings (SSSR count). The SMILES string of the molecule is N=C(N)NCCC[C@H]1CN=C2SC=C(c3cccnc3)N21. The monoisotopic (exact) mass is 302 g/mol. The van der Waals surface area contributed by atoms with Gasteiger partial charge < -0.3 is 16.0 Å². The average Bonchev–Trinajstić information content (AvgIpc) is 3.06. The minimum atomic E-state index is 0.0334. The summed E-state index contributed by atoms with van der Waals surface area (Å²) in [5.74, 6) is 0.0334. The Morgan fingerprint density at radius 2 is 2.48 bits per heavy atom. The van der Waals surface area contributed by atoms with E-state index in [0.29, 0.717) is 6.04 Å². The molecule has 4 N–H and O–H groups in total. The Bertz CT molecular complexity index is 582. The zero-order chi connectivity index (χ0) is 14.7. The molecule has 7 heteroatoms. The van der Waals surface area contributed by atoms with Crippen LogP contribution in [0.4, 0.5) is 0 Å². The zero-order valence-corrected chi connectivity index (χ0v) is 12.4. The first kappa shape index (κ1) is 13.9. The van der Waals surface area contributed by atoms with Gasteiger partial charge in [0.2, 0.25) is 0 Å². The number of fused-ring (bicyclic) bond motifs is 1. The summed E-state index contributed by atoms with van der Waals surface area (Å²) in [5.41, 5.74) is 7.61. The molecular formula is C14H18N6S. The molecule has 1 aromatic heterocycles. The lowest BCUT2D eigenvalue weighted by Gasteiger charge is -2.25. The first-order valence-corrected chi connectivity index (χ1v) is 7.82. The zero-order valence-electron chi connectivity index (χ0n) is 11.6. The quantitative estimate of drug-likeness (QED) is 0.435. The molecule has 110 valence electrons. The topological polar surface area (TPSA) is 90.4 Å². The maximum atomic E-state index is 7.16. The van der Waals surface area contributed by atoms with Gasteiger partial charge in [-0.05, 0) is 25.0 Å². The standard InChI is InChI=1S/C14H18N6S/c15-13(16)18-6-2-4-11-8-19-14-20(11)12(9-21-14)10-3-1-5-17-7-10/h1,3,5,7,9,11H,2,4,6,8H2,(H4,15,16,18)/t11-/m0/s1. The van der Waals surface area contributed by atoms with Crippen molar-refractivity contribution in [1.29, 1.82) is 5.41 Å². The maximum absolute atomic E-state index is 7.16. The highest BCUT2D eigenvalue weighted by Gasteiger charge is 2.34. The Morgan fingerprint density at radius 3 is 3.24 bits per heavy atom. The number of pyridine rings is 1. The summed E-state index contributed by atoms with van der Waals surface area (Å²) < 4.78 is 0. The number of aromatic nitrogens is 1. The van der Waals surface area contributed by atoms with E-state index in [1.807, 2.05) is 12.3 Å². The molecule has 6 nitrogen and oxygen atoms in total. The molecular weight excluding hydrogens is 284 g/mol. The molecule has 21 heavy (non-hydrogen) atoms. The molecule has 0 amide bonds. The van der Waals surface area contributed by atoms with E-state index in [4.69, 9.17) is 11.1 Å². The van der Waals surface area contributed by atoms with Gasteiger partial charge in [-0.25, -0.2) is 0 Å². The van der Waals surface area contributed by atoms with Crippen LogP contribution in [0.25, 0.3) is 5.70 Å². The second-order valence-electron chi connectivity index (χ2n) is 4.99. The first-order valence-electron chi connectivity index (χ1n) is 6.94. The summed E-state index contributed by atoms with van der Waals surface area (Å²) in [5, 5.41) is 13.2. The van der Waals surface area contributed by atoms with E-state index < -0.39 is 0 Å². The van der Waals surface area contributed by atoms with Gasteiger partial charge >= 0.3 is 0 Å². The van der Waals surface area contributed by atoms with Gasteiger partial charge in [0.25, 0.3) is 0 Å². The van der Waals surface area contributed by atoms with Crippen LogP contribution in [0.1, 0.15) is 18.4 Å². The van der Waals surface area contributed by atoms with Gasteiger partial charge in [-0.3, -0.25) is 15.4 Å². The number of nitrogens with zero attached hydrogens (tertiary/aromatic N) is 3. The van der Waals surface area contributed by atoms with Gasteiger partial charge in [0, 0.05) is 29.9 Å². The van der Waals surface area contributed by atoms with E-state index in [0.717, 1.165) is 36.7 Å². The highest BCUT2D eigenvalue weighted by molar-refractivity contribution is 8.16. The third-order valence-electron chi connectivity index (χ3n) is 3.53. The lowest BCUT2D eigenvalue weighted by atomic mass is 10.1. The predicted molar refractivity (Wildman–Crippen MR) is 86.9 cm³/mol. The number of guanidine groups is 1. The van der Waals surface area contributed by atoms with Gasteiger partial charge in [0.15, 0.2) is 11.1 Å². The fraction of sp³-hybridized carbons (Fsp3) is 0.357. The lowest BCUT2D eigenvalue weighted by Crippen LogP contribution is -2.34. The van der Waals surface area contributed by atoms with Crippen LogP contribution in [0.3, 0.4) is 0 Å². The molecule has 2 aliphatic heterocycles. The summed E-state index contributed by atoms with van der Waals surface area (Å²) in [4.78, 5) is 11.1. The van der Waals surface area contributed by atoms with Crippen molar-refractivity contribution in [3.8, 4) is 0 Å². The van der Waals surface area contributed by atoms with Crippen LogP contribution in [0.15, 0.2) is 34.9 Å². The summed E-state index contributed by atoms with van der Waals surface area (Å²) in [6.07, 6.45) is 5.66. The second kappa shape index (κ2) is 6.17. The summed E-state index contributed by atoms with van der Waals surface area (Å²) in [6, 6.07) is 4.42. The summed E-state index contributed by atoms with van der Waals surface area (Å²) in [7, 11) is 0. The van der Waals surface area contributed by atoms with Crippen LogP contribution in [0.2, 0.25) is 0 Å². The number of rotatable bonds is 5. The molecule has 2 aliphatic rings. The van der Waals surface area contributed by atoms with Crippen LogP contribution < -0.4 is 11.1 Å². The van der Waals surface area contributed by atoms with Crippen LogP contribution in [0, 0.1) is 5.41 Å². The van der Waals surface area contributed by atoms with E-state index in [1.165, 1.54) is 5.70 Å². The van der Waals surface area contributed by atoms with Crippen LogP contribution in [-0.4, -0.2) is 40.1 Å². The van der Waals surface area contributed by atoms with E-state index in [1.54, 1.807) is 18.0 Å². The summed E-state index contributed by atoms with van der Waals surface area (Å²) >= 11 is 1.68. The van der Waals surface area contributed by atoms with E-state index in [2.05, 4.69) is 31.7 Å². The Hall–Kier alpha value is -2.02. The molecule has 1 atom stereocenters. The molecule has 0 fully saturated rings. The van der Waals surface area contributed by atoms with Gasteiger partial charge in [-0.1, -0.05) is 11.8 Å². The van der Waals surface area contributed by atoms with Gasteiger partial charge in [-0.2, -0.15) is 0 Å². The van der Waals surface area contributed by atoms with Crippen molar-refractivity contribution in [3.05, 3.63) is 35.5 Å². The smallest absolute Gasteiger partial charge is 0.185 e. The molecule has 0 spiro atoms. The van der Waals surface area contributed by atoms with Crippen molar-refractivity contribution in [2.24, 2.45) is 10.7 Å². The number of nitrogens with one attached hydrogen (secondary N) is 2. The summed E-state index contributed by atoms with van der Waals surface area (Å²) in [6.45, 7) is 1.56. The van der Waals surface area contributed by atoms with Crippen molar-refractivity contribution in [2.75, 3.05) is 13.1 Å². The second-order valence-corrected chi connectivity index (χ2v) is 5.83. The molecule has 1 aromatic rings. The van der Waals surface area contributed by atoms with Crippen molar-refractivity contribution in [1.82, 2.24) is 15.2 Å². The molecule has 3 heterocycles. The van der Waals surface area contributed by atoms with Gasteiger partial charge in [0.05, 0.1) is 18.3 Å². The largest absolute Gasteiger partial charge is 0.370 e. The number of aliphatic imine (C=N–C) groups is 1. The van der Waals surface area contributed by atoms with Crippen molar-refractivity contribution >= 4 is 28.6 Å². The average molecular weight is 302 g/mol. The maximum Gasteiger partial charge on any atom is 0.185 e. The van der Waals surface area contributed by atoms with E-state index in [9.17, 15) is 0 Å². The van der Waals surface area contributed by atoms with Gasteiger partial charge in [-0.15, -0.1) is 0 Å². The fourth-order valence-electron chi connectivity index (χ4n) is 2.56. The Morgan fingerprint density at radius 1 is 1.57 bits per heavy atom. The number of hydrogen-bond acceptors (Lipinski definition) is 5. The molecule has 0 aromatic carbocycles. The normalized spacial score (nSPS) is 20.0.